The van der Waals surface area contributed by atoms with Gasteiger partial charge in [-0.2, -0.15) is 0 Å². The predicted octanol–water partition coefficient (Wildman–Crippen LogP) is 0.869. The van der Waals surface area contributed by atoms with Gasteiger partial charge in [-0.05, 0) is 18.2 Å². The summed E-state index contributed by atoms with van der Waals surface area (Å²) in [5.74, 6) is -0.807. The number of nitrogen functional groups attached to an aromatic ring is 1. The molecule has 1 heterocycles. The van der Waals surface area contributed by atoms with Crippen LogP contribution in [0.3, 0.4) is 0 Å². The molecule has 0 saturated carbocycles. The molecule has 1 aliphatic rings. The molecule has 1 atom stereocenters. The van der Waals surface area contributed by atoms with E-state index >= 15 is 0 Å². The summed E-state index contributed by atoms with van der Waals surface area (Å²) < 4.78 is 18.3. The molecular formula is C12H14FN3O3. The van der Waals surface area contributed by atoms with Crippen LogP contribution >= 0.6 is 0 Å². The van der Waals surface area contributed by atoms with Crippen molar-refractivity contribution >= 4 is 23.4 Å². The second-order valence-electron chi connectivity index (χ2n) is 4.24. The number of amides is 2. The molecule has 0 bridgehead atoms. The van der Waals surface area contributed by atoms with E-state index in [9.17, 15) is 14.0 Å². The van der Waals surface area contributed by atoms with Gasteiger partial charge in [0.15, 0.2) is 0 Å². The summed E-state index contributed by atoms with van der Waals surface area (Å²) in [7, 11) is 0. The first kappa shape index (κ1) is 13.1. The molecule has 7 heteroatoms. The number of halogens is 1. The summed E-state index contributed by atoms with van der Waals surface area (Å²) in [5.41, 5.74) is 5.75. The van der Waals surface area contributed by atoms with Gasteiger partial charge in [-0.3, -0.25) is 9.69 Å². The molecule has 1 aromatic carbocycles. The van der Waals surface area contributed by atoms with Crippen LogP contribution in [0.4, 0.5) is 20.6 Å². The van der Waals surface area contributed by atoms with Crippen molar-refractivity contribution in [3.63, 3.8) is 0 Å². The zero-order chi connectivity index (χ0) is 14.0. The van der Waals surface area contributed by atoms with E-state index in [0.717, 1.165) is 0 Å². The Balaban J connectivity index is 2.20. The van der Waals surface area contributed by atoms with Crippen LogP contribution in [0.1, 0.15) is 6.92 Å². The van der Waals surface area contributed by atoms with Crippen molar-refractivity contribution in [2.45, 2.75) is 13.0 Å². The fraction of sp³-hybridized carbons (Fsp3) is 0.333. The second-order valence-corrected chi connectivity index (χ2v) is 4.24. The normalized spacial score (nSPS) is 18.3. The predicted molar refractivity (Wildman–Crippen MR) is 67.1 cm³/mol. The fourth-order valence-corrected chi connectivity index (χ4v) is 1.85. The first-order chi connectivity index (χ1) is 8.99. The molecule has 0 radical (unpaired) electrons. The van der Waals surface area contributed by atoms with Crippen molar-refractivity contribution in [3.8, 4) is 0 Å². The number of ether oxygens (including phenoxy) is 1. The summed E-state index contributed by atoms with van der Waals surface area (Å²) >= 11 is 0. The fourth-order valence-electron chi connectivity index (χ4n) is 1.85. The van der Waals surface area contributed by atoms with E-state index in [1.54, 1.807) is 0 Å². The number of nitrogens with zero attached hydrogens (tertiary/aromatic N) is 1. The largest absolute Gasteiger partial charge is 0.447 e. The van der Waals surface area contributed by atoms with Gasteiger partial charge in [0.2, 0.25) is 5.91 Å². The molecule has 0 aromatic heterocycles. The molecule has 2 amide bonds. The number of hydrogen-bond acceptors (Lipinski definition) is 4. The first-order valence-electron chi connectivity index (χ1n) is 5.74. The minimum absolute atomic E-state index is 0.00900. The number of benzene rings is 1. The van der Waals surface area contributed by atoms with Crippen LogP contribution in [0.25, 0.3) is 0 Å². The summed E-state index contributed by atoms with van der Waals surface area (Å²) in [6.45, 7) is 1.77. The maximum atomic E-state index is 13.4. The number of anilines is 2. The molecule has 102 valence electrons. The van der Waals surface area contributed by atoms with E-state index in [-0.39, 0.29) is 30.8 Å². The minimum atomic E-state index is -0.601. The van der Waals surface area contributed by atoms with Gasteiger partial charge in [0.05, 0.1) is 17.4 Å². The van der Waals surface area contributed by atoms with Gasteiger partial charge < -0.3 is 15.8 Å². The van der Waals surface area contributed by atoms with E-state index in [0.29, 0.717) is 5.69 Å². The highest BCUT2D eigenvalue weighted by molar-refractivity contribution is 5.90. The van der Waals surface area contributed by atoms with Crippen LogP contribution in [0, 0.1) is 5.82 Å². The van der Waals surface area contributed by atoms with Crippen LogP contribution in [0.5, 0.6) is 0 Å². The Bertz CT molecular complexity index is 521. The average Bonchev–Trinajstić information content (AvgIpc) is 2.71. The van der Waals surface area contributed by atoms with E-state index in [2.05, 4.69) is 5.32 Å². The maximum absolute atomic E-state index is 13.4. The van der Waals surface area contributed by atoms with Crippen molar-refractivity contribution in [1.29, 1.82) is 0 Å². The highest BCUT2D eigenvalue weighted by Crippen LogP contribution is 2.25. The molecule has 1 saturated heterocycles. The Morgan fingerprint density at radius 3 is 3.00 bits per heavy atom. The average molecular weight is 267 g/mol. The third-order valence-electron chi connectivity index (χ3n) is 2.81. The Labute approximate surface area is 109 Å². The summed E-state index contributed by atoms with van der Waals surface area (Å²) in [6, 6.07) is 3.72. The van der Waals surface area contributed by atoms with E-state index in [4.69, 9.17) is 10.5 Å². The van der Waals surface area contributed by atoms with Crippen LogP contribution in [-0.4, -0.2) is 31.2 Å². The van der Waals surface area contributed by atoms with Crippen molar-refractivity contribution in [3.05, 3.63) is 24.0 Å². The van der Waals surface area contributed by atoms with E-state index < -0.39 is 11.9 Å². The maximum Gasteiger partial charge on any atom is 0.414 e. The molecule has 1 aliphatic heterocycles. The Hall–Kier alpha value is -2.31. The molecule has 19 heavy (non-hydrogen) atoms. The highest BCUT2D eigenvalue weighted by atomic mass is 19.1. The van der Waals surface area contributed by atoms with Crippen LogP contribution in [0.2, 0.25) is 0 Å². The Morgan fingerprint density at radius 1 is 1.63 bits per heavy atom. The SMILES string of the molecule is CC(=O)NCC1COC(=O)N1c1ccc(N)c(F)c1. The smallest absolute Gasteiger partial charge is 0.414 e. The van der Waals surface area contributed by atoms with Crippen molar-refractivity contribution in [2.75, 3.05) is 23.8 Å². The lowest BCUT2D eigenvalue weighted by molar-refractivity contribution is -0.119. The summed E-state index contributed by atoms with van der Waals surface area (Å²) in [6.07, 6.45) is -0.570. The van der Waals surface area contributed by atoms with Gasteiger partial charge in [0, 0.05) is 13.5 Å². The number of nitrogens with two attached hydrogens (primary N) is 1. The number of nitrogens with one attached hydrogen (secondary N) is 1. The molecule has 1 fully saturated rings. The van der Waals surface area contributed by atoms with Crippen LogP contribution in [0.15, 0.2) is 18.2 Å². The molecule has 0 aliphatic carbocycles. The molecule has 3 N–H and O–H groups in total. The standard InChI is InChI=1S/C12H14FN3O3/c1-7(17)15-5-9-6-19-12(18)16(9)8-2-3-11(14)10(13)4-8/h2-4,9H,5-6,14H2,1H3,(H,15,17). The molecule has 1 unspecified atom stereocenters. The minimum Gasteiger partial charge on any atom is -0.447 e. The van der Waals surface area contributed by atoms with E-state index in [1.807, 2.05) is 0 Å². The first-order valence-corrected chi connectivity index (χ1v) is 5.74. The van der Waals surface area contributed by atoms with Crippen LogP contribution < -0.4 is 16.0 Å². The summed E-state index contributed by atoms with van der Waals surface area (Å²) in [4.78, 5) is 23.9. The third-order valence-corrected chi connectivity index (χ3v) is 2.81. The monoisotopic (exact) mass is 267 g/mol. The van der Waals surface area contributed by atoms with Crippen molar-refractivity contribution in [1.82, 2.24) is 5.32 Å². The number of carbonyl (C=O) groups excluding carboxylic acids is 2. The third kappa shape index (κ3) is 2.75. The zero-order valence-corrected chi connectivity index (χ0v) is 10.4. The van der Waals surface area contributed by atoms with Gasteiger partial charge in [-0.15, -0.1) is 0 Å². The van der Waals surface area contributed by atoms with Gasteiger partial charge in [0.25, 0.3) is 0 Å². The molecule has 6 nitrogen and oxygen atoms in total. The zero-order valence-electron chi connectivity index (χ0n) is 10.4. The second kappa shape index (κ2) is 5.13. The number of cyclic esters (lactones) is 1. The lowest BCUT2D eigenvalue weighted by Gasteiger charge is -2.21. The Morgan fingerprint density at radius 2 is 2.37 bits per heavy atom. The summed E-state index contributed by atoms with van der Waals surface area (Å²) in [5, 5.41) is 2.60. The van der Waals surface area contributed by atoms with E-state index in [1.165, 1.54) is 30.0 Å². The topological polar surface area (TPSA) is 84.7 Å². The van der Waals surface area contributed by atoms with Crippen molar-refractivity contribution < 1.29 is 18.7 Å². The number of rotatable bonds is 3. The molecule has 2 rings (SSSR count). The highest BCUT2D eigenvalue weighted by Gasteiger charge is 2.34. The van der Waals surface area contributed by atoms with Gasteiger partial charge in [-0.1, -0.05) is 0 Å². The van der Waals surface area contributed by atoms with Crippen LogP contribution in [-0.2, 0) is 9.53 Å². The molecular weight excluding hydrogens is 253 g/mol. The lowest BCUT2D eigenvalue weighted by Crippen LogP contribution is -2.42. The number of carbonyl (C=O) groups is 2. The number of hydrogen-bond donors (Lipinski definition) is 2. The molecule has 0 spiro atoms. The Kier molecular flexibility index (Phi) is 3.55. The quantitative estimate of drug-likeness (QED) is 0.796. The lowest BCUT2D eigenvalue weighted by atomic mass is 10.2. The van der Waals surface area contributed by atoms with Gasteiger partial charge >= 0.3 is 6.09 Å². The van der Waals surface area contributed by atoms with Crippen molar-refractivity contribution in [2.24, 2.45) is 0 Å². The van der Waals surface area contributed by atoms with Gasteiger partial charge in [-0.25, -0.2) is 9.18 Å². The molecule has 1 aromatic rings. The van der Waals surface area contributed by atoms with Gasteiger partial charge in [0.1, 0.15) is 12.4 Å².